The van der Waals surface area contributed by atoms with Crippen LogP contribution in [0.25, 0.3) is 11.0 Å². The standard InChI is InChI=1S/C13H22N6/c1-8(2)5-4-6-9(3)16-11-10-7-15-19-12(10)18-13(14)17-11/h7-9H,4-6H2,1-3H3,(H4,14,15,16,17,18,19). The lowest BCUT2D eigenvalue weighted by molar-refractivity contribution is 0.520. The van der Waals surface area contributed by atoms with E-state index in [9.17, 15) is 0 Å². The van der Waals surface area contributed by atoms with Gasteiger partial charge in [0.1, 0.15) is 5.82 Å². The van der Waals surface area contributed by atoms with Gasteiger partial charge in [-0.3, -0.25) is 5.10 Å². The third-order valence-corrected chi connectivity index (χ3v) is 3.13. The van der Waals surface area contributed by atoms with Crippen molar-refractivity contribution in [3.8, 4) is 0 Å². The van der Waals surface area contributed by atoms with E-state index in [-0.39, 0.29) is 5.95 Å². The van der Waals surface area contributed by atoms with E-state index in [0.717, 1.165) is 23.5 Å². The lowest BCUT2D eigenvalue weighted by atomic mass is 10.0. The molecule has 4 N–H and O–H groups in total. The van der Waals surface area contributed by atoms with Crippen molar-refractivity contribution >= 4 is 22.8 Å². The van der Waals surface area contributed by atoms with Gasteiger partial charge in [-0.2, -0.15) is 15.1 Å². The summed E-state index contributed by atoms with van der Waals surface area (Å²) in [7, 11) is 0. The van der Waals surface area contributed by atoms with Gasteiger partial charge in [0.25, 0.3) is 0 Å². The quantitative estimate of drug-likeness (QED) is 0.744. The highest BCUT2D eigenvalue weighted by Gasteiger charge is 2.10. The zero-order valence-electron chi connectivity index (χ0n) is 11.8. The summed E-state index contributed by atoms with van der Waals surface area (Å²) in [6.45, 7) is 6.65. The third kappa shape index (κ3) is 3.56. The summed E-state index contributed by atoms with van der Waals surface area (Å²) in [5.41, 5.74) is 6.36. The monoisotopic (exact) mass is 262 g/mol. The maximum absolute atomic E-state index is 5.69. The minimum absolute atomic E-state index is 0.258. The van der Waals surface area contributed by atoms with Crippen molar-refractivity contribution in [1.82, 2.24) is 20.2 Å². The second-order valence-corrected chi connectivity index (χ2v) is 5.43. The van der Waals surface area contributed by atoms with Crippen LogP contribution in [0.4, 0.5) is 11.8 Å². The fourth-order valence-corrected chi connectivity index (χ4v) is 2.10. The summed E-state index contributed by atoms with van der Waals surface area (Å²) in [6.07, 6.45) is 5.29. The summed E-state index contributed by atoms with van der Waals surface area (Å²) in [5, 5.41) is 11.1. The van der Waals surface area contributed by atoms with Crippen molar-refractivity contribution in [2.45, 2.75) is 46.1 Å². The van der Waals surface area contributed by atoms with E-state index in [0.29, 0.717) is 11.7 Å². The van der Waals surface area contributed by atoms with E-state index in [4.69, 9.17) is 5.73 Å². The first-order valence-electron chi connectivity index (χ1n) is 6.79. The molecule has 0 saturated heterocycles. The molecule has 0 fully saturated rings. The topological polar surface area (TPSA) is 92.5 Å². The molecule has 0 radical (unpaired) electrons. The fraction of sp³-hybridized carbons (Fsp3) is 0.615. The molecule has 2 aromatic rings. The summed E-state index contributed by atoms with van der Waals surface area (Å²) in [6, 6.07) is 0.353. The molecule has 6 heteroatoms. The highest BCUT2D eigenvalue weighted by molar-refractivity contribution is 5.86. The Morgan fingerprint density at radius 3 is 2.79 bits per heavy atom. The first-order valence-corrected chi connectivity index (χ1v) is 6.79. The highest BCUT2D eigenvalue weighted by atomic mass is 15.2. The van der Waals surface area contributed by atoms with E-state index >= 15 is 0 Å². The summed E-state index contributed by atoms with van der Waals surface area (Å²) in [4.78, 5) is 8.35. The number of nitrogens with one attached hydrogen (secondary N) is 2. The molecule has 0 aliphatic rings. The van der Waals surface area contributed by atoms with Crippen molar-refractivity contribution in [1.29, 1.82) is 0 Å². The van der Waals surface area contributed by atoms with Crippen molar-refractivity contribution in [2.75, 3.05) is 11.1 Å². The minimum atomic E-state index is 0.258. The molecule has 1 atom stereocenters. The SMILES string of the molecule is CC(C)CCCC(C)Nc1nc(N)nc2[nH]ncc12. The van der Waals surface area contributed by atoms with Gasteiger partial charge in [0.05, 0.1) is 11.6 Å². The molecule has 2 heterocycles. The molecule has 6 nitrogen and oxygen atoms in total. The van der Waals surface area contributed by atoms with Gasteiger partial charge >= 0.3 is 0 Å². The predicted molar refractivity (Wildman–Crippen MR) is 77.9 cm³/mol. The number of anilines is 2. The molecule has 0 aliphatic carbocycles. The van der Waals surface area contributed by atoms with Crippen molar-refractivity contribution in [3.63, 3.8) is 0 Å². The Labute approximate surface area is 113 Å². The van der Waals surface area contributed by atoms with Gasteiger partial charge < -0.3 is 11.1 Å². The maximum atomic E-state index is 5.69. The molecule has 0 aliphatic heterocycles. The molecular formula is C13H22N6. The van der Waals surface area contributed by atoms with Gasteiger partial charge in [-0.05, 0) is 19.3 Å². The average Bonchev–Trinajstić information content (AvgIpc) is 2.76. The van der Waals surface area contributed by atoms with E-state index < -0.39 is 0 Å². The van der Waals surface area contributed by atoms with Gasteiger partial charge in [-0.1, -0.05) is 26.7 Å². The van der Waals surface area contributed by atoms with Crippen LogP contribution in [-0.4, -0.2) is 26.2 Å². The fourth-order valence-electron chi connectivity index (χ4n) is 2.10. The minimum Gasteiger partial charge on any atom is -0.368 e. The van der Waals surface area contributed by atoms with Crippen LogP contribution in [0, 0.1) is 5.92 Å². The van der Waals surface area contributed by atoms with E-state index in [1.165, 1.54) is 12.8 Å². The molecule has 0 spiro atoms. The average molecular weight is 262 g/mol. The normalized spacial score (nSPS) is 13.1. The largest absolute Gasteiger partial charge is 0.368 e. The van der Waals surface area contributed by atoms with Gasteiger partial charge in [0, 0.05) is 6.04 Å². The van der Waals surface area contributed by atoms with E-state index in [1.807, 2.05) is 0 Å². The molecule has 0 bridgehead atoms. The van der Waals surface area contributed by atoms with E-state index in [1.54, 1.807) is 6.20 Å². The molecule has 2 rings (SSSR count). The Balaban J connectivity index is 2.02. The van der Waals surface area contributed by atoms with Gasteiger partial charge in [-0.25, -0.2) is 0 Å². The van der Waals surface area contributed by atoms with Crippen LogP contribution >= 0.6 is 0 Å². The first-order chi connectivity index (χ1) is 9.06. The third-order valence-electron chi connectivity index (χ3n) is 3.13. The Morgan fingerprint density at radius 1 is 1.26 bits per heavy atom. The molecule has 2 aromatic heterocycles. The number of fused-ring (bicyclic) bond motifs is 1. The molecule has 0 aromatic carbocycles. The number of hydrogen-bond donors (Lipinski definition) is 3. The van der Waals surface area contributed by atoms with Crippen molar-refractivity contribution < 1.29 is 0 Å². The second kappa shape index (κ2) is 5.86. The number of aromatic nitrogens is 4. The molecular weight excluding hydrogens is 240 g/mol. The van der Waals surface area contributed by atoms with Crippen LogP contribution < -0.4 is 11.1 Å². The van der Waals surface area contributed by atoms with Crippen LogP contribution in [0.3, 0.4) is 0 Å². The number of nitrogens with zero attached hydrogens (tertiary/aromatic N) is 3. The Hall–Kier alpha value is -1.85. The molecule has 19 heavy (non-hydrogen) atoms. The van der Waals surface area contributed by atoms with Crippen LogP contribution in [-0.2, 0) is 0 Å². The number of H-pyrrole nitrogens is 1. The number of nitrogen functional groups attached to an aromatic ring is 1. The molecule has 104 valence electrons. The summed E-state index contributed by atoms with van der Waals surface area (Å²) < 4.78 is 0. The van der Waals surface area contributed by atoms with Crippen LogP contribution in [0.15, 0.2) is 6.20 Å². The van der Waals surface area contributed by atoms with E-state index in [2.05, 4.69) is 46.3 Å². The van der Waals surface area contributed by atoms with Crippen LogP contribution in [0.2, 0.25) is 0 Å². The smallest absolute Gasteiger partial charge is 0.224 e. The van der Waals surface area contributed by atoms with Crippen LogP contribution in [0.5, 0.6) is 0 Å². The molecule has 1 unspecified atom stereocenters. The highest BCUT2D eigenvalue weighted by Crippen LogP contribution is 2.20. The van der Waals surface area contributed by atoms with Crippen LogP contribution in [0.1, 0.15) is 40.0 Å². The second-order valence-electron chi connectivity index (χ2n) is 5.43. The number of aromatic amines is 1. The number of rotatable bonds is 6. The lowest BCUT2D eigenvalue weighted by Crippen LogP contribution is -2.17. The Morgan fingerprint density at radius 2 is 2.05 bits per heavy atom. The van der Waals surface area contributed by atoms with Crippen molar-refractivity contribution in [3.05, 3.63) is 6.20 Å². The Kier molecular flexibility index (Phi) is 4.19. The lowest BCUT2D eigenvalue weighted by Gasteiger charge is -2.15. The summed E-state index contributed by atoms with van der Waals surface area (Å²) in [5.74, 6) is 1.77. The number of hydrogen-bond acceptors (Lipinski definition) is 5. The maximum Gasteiger partial charge on any atom is 0.224 e. The van der Waals surface area contributed by atoms with Crippen molar-refractivity contribution in [2.24, 2.45) is 5.92 Å². The van der Waals surface area contributed by atoms with Gasteiger partial charge in [0.15, 0.2) is 5.65 Å². The van der Waals surface area contributed by atoms with Gasteiger partial charge in [-0.15, -0.1) is 0 Å². The number of nitrogens with two attached hydrogens (primary N) is 1. The zero-order valence-corrected chi connectivity index (χ0v) is 11.8. The van der Waals surface area contributed by atoms with Gasteiger partial charge in [0.2, 0.25) is 5.95 Å². The molecule has 0 saturated carbocycles. The zero-order chi connectivity index (χ0) is 13.8. The first kappa shape index (κ1) is 13.6. The Bertz CT molecular complexity index is 533. The summed E-state index contributed by atoms with van der Waals surface area (Å²) >= 11 is 0. The predicted octanol–water partition coefficient (Wildman–Crippen LogP) is 2.56. The molecule has 0 amide bonds.